The third kappa shape index (κ3) is 3.77. The fourth-order valence-electron chi connectivity index (χ4n) is 2.17. The topological polar surface area (TPSA) is 54.5 Å². The first-order valence-corrected chi connectivity index (χ1v) is 8.99. The lowest BCUT2D eigenvalue weighted by atomic mass is 10.2. The standard InChI is InChI=1S/C15H18N4S2/c16-15(19-6-8-20-9-7-19)17-10-14-18-13(11-21-14)12-4-2-1-3-5-12/h1-5,11H,6-10H2,(H2,16,17). The number of aromatic nitrogens is 1. The zero-order valence-corrected chi connectivity index (χ0v) is 13.4. The van der Waals surface area contributed by atoms with Crippen molar-refractivity contribution in [3.63, 3.8) is 0 Å². The summed E-state index contributed by atoms with van der Waals surface area (Å²) in [6.45, 7) is 2.55. The molecule has 1 fully saturated rings. The van der Waals surface area contributed by atoms with Crippen LogP contribution in [-0.4, -0.2) is 40.4 Å². The van der Waals surface area contributed by atoms with Crippen LogP contribution in [0.5, 0.6) is 0 Å². The van der Waals surface area contributed by atoms with Crippen LogP contribution in [0.2, 0.25) is 0 Å². The Hall–Kier alpha value is -1.53. The Morgan fingerprint density at radius 1 is 1.24 bits per heavy atom. The summed E-state index contributed by atoms with van der Waals surface area (Å²) in [4.78, 5) is 11.3. The lowest BCUT2D eigenvalue weighted by molar-refractivity contribution is 0.455. The molecule has 0 bridgehead atoms. The number of hydrogen-bond donors (Lipinski definition) is 1. The molecule has 0 atom stereocenters. The normalized spacial score (nSPS) is 16.2. The third-order valence-corrected chi connectivity index (χ3v) is 5.11. The maximum absolute atomic E-state index is 6.06. The summed E-state index contributed by atoms with van der Waals surface area (Å²) in [6, 6.07) is 10.2. The van der Waals surface area contributed by atoms with Crippen molar-refractivity contribution in [3.8, 4) is 11.3 Å². The first-order chi connectivity index (χ1) is 10.3. The lowest BCUT2D eigenvalue weighted by Crippen LogP contribution is -2.42. The molecule has 0 amide bonds. The number of rotatable bonds is 3. The molecule has 1 aliphatic heterocycles. The van der Waals surface area contributed by atoms with Gasteiger partial charge in [-0.15, -0.1) is 11.3 Å². The predicted octanol–water partition coefficient (Wildman–Crippen LogP) is 2.67. The molecular weight excluding hydrogens is 300 g/mol. The van der Waals surface area contributed by atoms with Gasteiger partial charge < -0.3 is 10.6 Å². The molecule has 1 aromatic heterocycles. The molecule has 110 valence electrons. The second-order valence-electron chi connectivity index (χ2n) is 4.77. The van der Waals surface area contributed by atoms with Crippen LogP contribution in [0, 0.1) is 0 Å². The van der Waals surface area contributed by atoms with Crippen molar-refractivity contribution in [1.82, 2.24) is 9.88 Å². The monoisotopic (exact) mass is 318 g/mol. The Morgan fingerprint density at radius 2 is 2.00 bits per heavy atom. The summed E-state index contributed by atoms with van der Waals surface area (Å²) in [7, 11) is 0. The molecule has 0 spiro atoms. The van der Waals surface area contributed by atoms with Gasteiger partial charge in [0.25, 0.3) is 0 Å². The molecule has 1 saturated heterocycles. The summed E-state index contributed by atoms with van der Waals surface area (Å²) in [5.74, 6) is 2.91. The van der Waals surface area contributed by atoms with E-state index in [1.807, 2.05) is 30.0 Å². The molecule has 2 heterocycles. The molecule has 0 aliphatic carbocycles. The number of nitrogens with two attached hydrogens (primary N) is 1. The van der Waals surface area contributed by atoms with E-state index >= 15 is 0 Å². The summed E-state index contributed by atoms with van der Waals surface area (Å²) < 4.78 is 0. The molecule has 3 rings (SSSR count). The minimum Gasteiger partial charge on any atom is -0.370 e. The second kappa shape index (κ2) is 6.95. The predicted molar refractivity (Wildman–Crippen MR) is 91.8 cm³/mol. The quantitative estimate of drug-likeness (QED) is 0.698. The highest BCUT2D eigenvalue weighted by atomic mass is 32.2. The Labute approximate surface area is 133 Å². The van der Waals surface area contributed by atoms with E-state index in [0.29, 0.717) is 12.5 Å². The van der Waals surface area contributed by atoms with E-state index in [4.69, 9.17) is 5.73 Å². The highest BCUT2D eigenvalue weighted by Gasteiger charge is 2.12. The van der Waals surface area contributed by atoms with Crippen LogP contribution in [0.15, 0.2) is 40.7 Å². The fraction of sp³-hybridized carbons (Fsp3) is 0.333. The van der Waals surface area contributed by atoms with Gasteiger partial charge in [-0.1, -0.05) is 30.3 Å². The van der Waals surface area contributed by atoms with Crippen LogP contribution in [0.3, 0.4) is 0 Å². The second-order valence-corrected chi connectivity index (χ2v) is 6.93. The van der Waals surface area contributed by atoms with Crippen LogP contribution >= 0.6 is 23.1 Å². The van der Waals surface area contributed by atoms with E-state index in [2.05, 4.69) is 32.4 Å². The van der Waals surface area contributed by atoms with E-state index in [1.165, 1.54) is 0 Å². The Bertz CT molecular complexity index is 603. The first-order valence-electron chi connectivity index (χ1n) is 6.95. The average Bonchev–Trinajstić information content (AvgIpc) is 3.03. The number of hydrogen-bond acceptors (Lipinski definition) is 4. The van der Waals surface area contributed by atoms with Crippen molar-refractivity contribution in [2.24, 2.45) is 10.7 Å². The molecule has 2 aromatic rings. The van der Waals surface area contributed by atoms with E-state index in [9.17, 15) is 0 Å². The average molecular weight is 318 g/mol. The Kier molecular flexibility index (Phi) is 4.77. The molecule has 4 nitrogen and oxygen atoms in total. The van der Waals surface area contributed by atoms with E-state index in [0.717, 1.165) is 40.9 Å². The highest BCUT2D eigenvalue weighted by Crippen LogP contribution is 2.22. The van der Waals surface area contributed by atoms with Gasteiger partial charge in [0, 0.05) is 35.5 Å². The molecule has 21 heavy (non-hydrogen) atoms. The number of aliphatic imine (C=N–C) groups is 1. The lowest BCUT2D eigenvalue weighted by Gasteiger charge is -2.27. The summed E-state index contributed by atoms with van der Waals surface area (Å²) >= 11 is 3.61. The van der Waals surface area contributed by atoms with Gasteiger partial charge in [-0.3, -0.25) is 0 Å². The minimum absolute atomic E-state index is 0.562. The molecule has 0 saturated carbocycles. The van der Waals surface area contributed by atoms with Gasteiger partial charge in [0.05, 0.1) is 12.2 Å². The molecule has 2 N–H and O–H groups in total. The summed E-state index contributed by atoms with van der Waals surface area (Å²) in [6.07, 6.45) is 0. The minimum atomic E-state index is 0.562. The molecular formula is C15H18N4S2. The van der Waals surface area contributed by atoms with E-state index in [-0.39, 0.29) is 0 Å². The number of benzene rings is 1. The molecule has 0 radical (unpaired) electrons. The number of thiazole rings is 1. The van der Waals surface area contributed by atoms with Crippen LogP contribution in [-0.2, 0) is 6.54 Å². The van der Waals surface area contributed by atoms with Crippen molar-refractivity contribution < 1.29 is 0 Å². The SMILES string of the molecule is NC(=NCc1nc(-c2ccccc2)cs1)N1CCSCC1. The highest BCUT2D eigenvalue weighted by molar-refractivity contribution is 7.99. The zero-order chi connectivity index (χ0) is 14.5. The van der Waals surface area contributed by atoms with Gasteiger partial charge in [-0.2, -0.15) is 11.8 Å². The smallest absolute Gasteiger partial charge is 0.191 e. The van der Waals surface area contributed by atoms with E-state index in [1.54, 1.807) is 11.3 Å². The summed E-state index contributed by atoms with van der Waals surface area (Å²) in [5, 5.41) is 3.08. The van der Waals surface area contributed by atoms with Gasteiger partial charge in [0.1, 0.15) is 5.01 Å². The van der Waals surface area contributed by atoms with Crippen LogP contribution in [0.4, 0.5) is 0 Å². The maximum atomic E-state index is 6.06. The Morgan fingerprint density at radius 3 is 2.76 bits per heavy atom. The van der Waals surface area contributed by atoms with Crippen molar-refractivity contribution in [2.45, 2.75) is 6.54 Å². The van der Waals surface area contributed by atoms with Gasteiger partial charge in [-0.25, -0.2) is 9.98 Å². The van der Waals surface area contributed by atoms with Crippen LogP contribution in [0.25, 0.3) is 11.3 Å². The van der Waals surface area contributed by atoms with Crippen molar-refractivity contribution >= 4 is 29.1 Å². The number of guanidine groups is 1. The molecule has 1 aromatic carbocycles. The summed E-state index contributed by atoms with van der Waals surface area (Å²) in [5.41, 5.74) is 8.21. The van der Waals surface area contributed by atoms with Gasteiger partial charge in [-0.05, 0) is 0 Å². The third-order valence-electron chi connectivity index (χ3n) is 3.33. The van der Waals surface area contributed by atoms with Crippen LogP contribution < -0.4 is 5.73 Å². The number of thioether (sulfide) groups is 1. The zero-order valence-electron chi connectivity index (χ0n) is 11.7. The van der Waals surface area contributed by atoms with Gasteiger partial charge in [0.2, 0.25) is 0 Å². The van der Waals surface area contributed by atoms with E-state index < -0.39 is 0 Å². The van der Waals surface area contributed by atoms with Crippen molar-refractivity contribution in [1.29, 1.82) is 0 Å². The van der Waals surface area contributed by atoms with Crippen LogP contribution in [0.1, 0.15) is 5.01 Å². The van der Waals surface area contributed by atoms with Crippen molar-refractivity contribution in [2.75, 3.05) is 24.6 Å². The number of nitrogens with zero attached hydrogens (tertiary/aromatic N) is 3. The Balaban J connectivity index is 1.64. The fourth-order valence-corrected chi connectivity index (χ4v) is 3.80. The van der Waals surface area contributed by atoms with Gasteiger partial charge >= 0.3 is 0 Å². The van der Waals surface area contributed by atoms with Crippen molar-refractivity contribution in [3.05, 3.63) is 40.7 Å². The molecule has 0 unspecified atom stereocenters. The first kappa shape index (κ1) is 14.4. The molecule has 6 heteroatoms. The molecule has 1 aliphatic rings. The largest absolute Gasteiger partial charge is 0.370 e. The maximum Gasteiger partial charge on any atom is 0.191 e. The van der Waals surface area contributed by atoms with Gasteiger partial charge in [0.15, 0.2) is 5.96 Å².